The summed E-state index contributed by atoms with van der Waals surface area (Å²) in [6, 6.07) is 6.73. The summed E-state index contributed by atoms with van der Waals surface area (Å²) in [6.45, 7) is 0. The number of aryl methyl sites for hydroxylation is 1. The molecule has 1 aliphatic carbocycles. The number of piperidine rings is 1. The van der Waals surface area contributed by atoms with Crippen LogP contribution >= 0.6 is 0 Å². The summed E-state index contributed by atoms with van der Waals surface area (Å²) < 4.78 is 5.50. The Morgan fingerprint density at radius 1 is 1.29 bits per heavy atom. The van der Waals surface area contributed by atoms with E-state index in [0.29, 0.717) is 12.0 Å². The molecular formula is C14H19NO2. The van der Waals surface area contributed by atoms with Gasteiger partial charge in [-0.1, -0.05) is 12.1 Å². The van der Waals surface area contributed by atoms with Crippen molar-refractivity contribution in [3.63, 3.8) is 0 Å². The molecule has 0 saturated carbocycles. The van der Waals surface area contributed by atoms with Crippen LogP contribution < -0.4 is 10.1 Å². The number of rotatable bonds is 1. The molecule has 3 atom stereocenters. The fraction of sp³-hybridized carbons (Fsp3) is 0.571. The highest BCUT2D eigenvalue weighted by atomic mass is 16.5. The van der Waals surface area contributed by atoms with Gasteiger partial charge >= 0.3 is 0 Å². The Hall–Kier alpha value is -1.06. The summed E-state index contributed by atoms with van der Waals surface area (Å²) >= 11 is 0. The average Bonchev–Trinajstić information content (AvgIpc) is 2.37. The highest BCUT2D eigenvalue weighted by molar-refractivity contribution is 5.45. The maximum absolute atomic E-state index is 9.68. The second kappa shape index (κ2) is 4.31. The molecule has 1 aromatic rings. The van der Waals surface area contributed by atoms with Gasteiger partial charge in [-0.2, -0.15) is 0 Å². The van der Waals surface area contributed by atoms with Gasteiger partial charge in [0.15, 0.2) is 0 Å². The third-order valence-corrected chi connectivity index (χ3v) is 4.12. The summed E-state index contributed by atoms with van der Waals surface area (Å²) in [7, 11) is 1.74. The predicted molar refractivity (Wildman–Crippen MR) is 66.2 cm³/mol. The van der Waals surface area contributed by atoms with Gasteiger partial charge in [-0.15, -0.1) is 0 Å². The monoisotopic (exact) mass is 233 g/mol. The van der Waals surface area contributed by atoms with E-state index in [4.69, 9.17) is 4.74 Å². The molecule has 3 heteroatoms. The van der Waals surface area contributed by atoms with E-state index in [0.717, 1.165) is 31.4 Å². The van der Waals surface area contributed by atoms with Gasteiger partial charge < -0.3 is 9.84 Å². The predicted octanol–water partition coefficient (Wildman–Crippen LogP) is 1.80. The summed E-state index contributed by atoms with van der Waals surface area (Å²) in [5.41, 5.74) is 2.79. The van der Waals surface area contributed by atoms with Crippen LogP contribution in [0, 0.1) is 0 Å². The van der Waals surface area contributed by atoms with Crippen LogP contribution in [0.2, 0.25) is 0 Å². The van der Waals surface area contributed by atoms with E-state index < -0.39 is 0 Å². The molecule has 0 amide bonds. The zero-order chi connectivity index (χ0) is 11.8. The van der Waals surface area contributed by atoms with E-state index in [1.165, 1.54) is 11.1 Å². The normalized spacial score (nSPS) is 31.5. The Balaban J connectivity index is 2.00. The molecule has 0 spiro atoms. The Labute approximate surface area is 102 Å². The Morgan fingerprint density at radius 3 is 3.00 bits per heavy atom. The number of ether oxygens (including phenoxy) is 1. The molecule has 17 heavy (non-hydrogen) atoms. The van der Waals surface area contributed by atoms with Crippen LogP contribution in [0.3, 0.4) is 0 Å². The summed E-state index contributed by atoms with van der Waals surface area (Å²) in [4.78, 5) is 0. The molecular weight excluding hydrogens is 214 g/mol. The zero-order valence-electron chi connectivity index (χ0n) is 10.1. The van der Waals surface area contributed by atoms with Crippen molar-refractivity contribution in [3.05, 3.63) is 29.3 Å². The second-order valence-corrected chi connectivity index (χ2v) is 5.04. The van der Waals surface area contributed by atoms with Crippen LogP contribution in [0.1, 0.15) is 36.3 Å². The van der Waals surface area contributed by atoms with Crippen LogP contribution in [-0.4, -0.2) is 24.5 Å². The molecule has 3 nitrogen and oxygen atoms in total. The standard InChI is InChI=1S/C14H19NO2/c1-17-12-4-2-3-9-5-7-11-10(14(9)12)6-8-13(16)15-11/h2-4,10-11,13,15-16H,5-8H2,1H3/t10-,11+,13+/m1/s1. The third-order valence-electron chi connectivity index (χ3n) is 4.12. The van der Waals surface area contributed by atoms with E-state index >= 15 is 0 Å². The van der Waals surface area contributed by atoms with E-state index in [1.807, 2.05) is 6.07 Å². The Morgan fingerprint density at radius 2 is 2.18 bits per heavy atom. The number of methoxy groups -OCH3 is 1. The lowest BCUT2D eigenvalue weighted by Crippen LogP contribution is -2.48. The molecule has 0 aromatic heterocycles. The maximum Gasteiger partial charge on any atom is 0.122 e. The van der Waals surface area contributed by atoms with Gasteiger partial charge in [-0.05, 0) is 37.3 Å². The van der Waals surface area contributed by atoms with E-state index in [-0.39, 0.29) is 6.23 Å². The number of hydrogen-bond acceptors (Lipinski definition) is 3. The van der Waals surface area contributed by atoms with Crippen molar-refractivity contribution in [2.24, 2.45) is 0 Å². The minimum Gasteiger partial charge on any atom is -0.496 e. The molecule has 2 N–H and O–H groups in total. The molecule has 1 fully saturated rings. The quantitative estimate of drug-likeness (QED) is 0.777. The lowest BCUT2D eigenvalue weighted by Gasteiger charge is -2.40. The lowest BCUT2D eigenvalue weighted by molar-refractivity contribution is 0.0704. The van der Waals surface area contributed by atoms with Gasteiger partial charge in [0.2, 0.25) is 0 Å². The van der Waals surface area contributed by atoms with Crippen molar-refractivity contribution in [2.75, 3.05) is 7.11 Å². The molecule has 1 heterocycles. The van der Waals surface area contributed by atoms with E-state index in [2.05, 4.69) is 17.4 Å². The topological polar surface area (TPSA) is 41.5 Å². The molecule has 1 saturated heterocycles. The number of hydrogen-bond donors (Lipinski definition) is 2. The first-order valence-corrected chi connectivity index (χ1v) is 6.39. The fourth-order valence-electron chi connectivity index (χ4n) is 3.33. The molecule has 0 radical (unpaired) electrons. The van der Waals surface area contributed by atoms with Crippen molar-refractivity contribution in [3.8, 4) is 5.75 Å². The van der Waals surface area contributed by atoms with Crippen LogP contribution in [0.5, 0.6) is 5.75 Å². The number of aliphatic hydroxyl groups is 1. The fourth-order valence-corrected chi connectivity index (χ4v) is 3.33. The molecule has 0 unspecified atom stereocenters. The molecule has 0 bridgehead atoms. The summed E-state index contributed by atoms with van der Waals surface area (Å²) in [6.07, 6.45) is 3.74. The highest BCUT2D eigenvalue weighted by Crippen LogP contribution is 2.42. The summed E-state index contributed by atoms with van der Waals surface area (Å²) in [5.74, 6) is 1.51. The van der Waals surface area contributed by atoms with Gasteiger partial charge in [0.05, 0.1) is 7.11 Å². The number of benzene rings is 1. The van der Waals surface area contributed by atoms with Crippen LogP contribution in [-0.2, 0) is 6.42 Å². The first kappa shape index (κ1) is 11.1. The van der Waals surface area contributed by atoms with Crippen LogP contribution in [0.25, 0.3) is 0 Å². The molecule has 1 aromatic carbocycles. The Bertz CT molecular complexity index is 404. The van der Waals surface area contributed by atoms with Gasteiger partial charge in [-0.3, -0.25) is 5.32 Å². The zero-order valence-corrected chi connectivity index (χ0v) is 10.1. The van der Waals surface area contributed by atoms with Gasteiger partial charge in [0.1, 0.15) is 12.0 Å². The molecule has 1 aliphatic heterocycles. The highest BCUT2D eigenvalue weighted by Gasteiger charge is 2.35. The smallest absolute Gasteiger partial charge is 0.122 e. The number of nitrogens with one attached hydrogen (secondary N) is 1. The number of aliphatic hydroxyl groups excluding tert-OH is 1. The second-order valence-electron chi connectivity index (χ2n) is 5.04. The van der Waals surface area contributed by atoms with Gasteiger partial charge in [0.25, 0.3) is 0 Å². The summed E-state index contributed by atoms with van der Waals surface area (Å²) in [5, 5.41) is 13.0. The third kappa shape index (κ3) is 1.83. The van der Waals surface area contributed by atoms with E-state index in [9.17, 15) is 5.11 Å². The van der Waals surface area contributed by atoms with Crippen molar-refractivity contribution < 1.29 is 9.84 Å². The van der Waals surface area contributed by atoms with Crippen molar-refractivity contribution in [2.45, 2.75) is 43.9 Å². The molecule has 92 valence electrons. The SMILES string of the molecule is COc1cccc2c1[C@@H]1CC[C@H](O)N[C@H]1CC2. The van der Waals surface area contributed by atoms with Crippen LogP contribution in [0.15, 0.2) is 18.2 Å². The van der Waals surface area contributed by atoms with Gasteiger partial charge in [-0.25, -0.2) is 0 Å². The average molecular weight is 233 g/mol. The largest absolute Gasteiger partial charge is 0.496 e. The molecule has 2 aliphatic rings. The first-order chi connectivity index (χ1) is 8.29. The van der Waals surface area contributed by atoms with Crippen LogP contribution in [0.4, 0.5) is 0 Å². The lowest BCUT2D eigenvalue weighted by atomic mass is 9.74. The van der Waals surface area contributed by atoms with Crippen molar-refractivity contribution in [1.82, 2.24) is 5.32 Å². The number of fused-ring (bicyclic) bond motifs is 3. The van der Waals surface area contributed by atoms with Crippen molar-refractivity contribution in [1.29, 1.82) is 0 Å². The molecule has 3 rings (SSSR count). The van der Waals surface area contributed by atoms with Gasteiger partial charge in [0, 0.05) is 17.5 Å². The minimum absolute atomic E-state index is 0.326. The maximum atomic E-state index is 9.68. The minimum atomic E-state index is -0.326. The van der Waals surface area contributed by atoms with E-state index in [1.54, 1.807) is 7.11 Å². The van der Waals surface area contributed by atoms with Crippen molar-refractivity contribution >= 4 is 0 Å². The Kier molecular flexibility index (Phi) is 2.81. The first-order valence-electron chi connectivity index (χ1n) is 6.39.